The molecule has 1 saturated heterocycles. The highest BCUT2D eigenvalue weighted by Crippen LogP contribution is 1.94. The number of hydrogen-bond acceptors (Lipinski definition) is 2. The predicted molar refractivity (Wildman–Crippen MR) is 43.7 cm³/mol. The molecule has 0 unspecified atom stereocenters. The molecule has 12 heavy (non-hydrogen) atoms. The molecule has 3 amide bonds. The summed E-state index contributed by atoms with van der Waals surface area (Å²) in [6.07, 6.45) is 0. The van der Waals surface area contributed by atoms with Gasteiger partial charge in [-0.05, 0) is 6.92 Å². The van der Waals surface area contributed by atoms with Crippen molar-refractivity contribution in [2.75, 3.05) is 26.2 Å². The Labute approximate surface area is 71.1 Å². The summed E-state index contributed by atoms with van der Waals surface area (Å²) in [6.45, 7) is 3.88. The molecule has 1 aliphatic rings. The van der Waals surface area contributed by atoms with E-state index in [2.05, 4.69) is 10.6 Å². The van der Waals surface area contributed by atoms with Crippen LogP contribution in [-0.4, -0.2) is 43.0 Å². The number of nitrogens with one attached hydrogen (secondary N) is 2. The Hall–Kier alpha value is -1.26. The normalized spacial score (nSPS) is 16.1. The Balaban J connectivity index is 2.30. The maximum Gasteiger partial charge on any atom is 0.317 e. The Morgan fingerprint density at radius 3 is 3.00 bits per heavy atom. The van der Waals surface area contributed by atoms with Crippen molar-refractivity contribution in [2.45, 2.75) is 6.92 Å². The predicted octanol–water partition coefficient (Wildman–Crippen LogP) is -0.852. The van der Waals surface area contributed by atoms with Crippen molar-refractivity contribution in [1.82, 2.24) is 15.5 Å². The van der Waals surface area contributed by atoms with Gasteiger partial charge in [0.1, 0.15) is 6.54 Å². The van der Waals surface area contributed by atoms with E-state index in [1.54, 1.807) is 0 Å². The van der Waals surface area contributed by atoms with E-state index in [-0.39, 0.29) is 18.5 Å². The number of nitrogens with zero attached hydrogens (tertiary/aromatic N) is 1. The van der Waals surface area contributed by atoms with Gasteiger partial charge in [-0.2, -0.15) is 0 Å². The van der Waals surface area contributed by atoms with Gasteiger partial charge in [0.25, 0.3) is 0 Å². The quantitative estimate of drug-likeness (QED) is 0.581. The van der Waals surface area contributed by atoms with E-state index in [9.17, 15) is 9.59 Å². The number of amides is 3. The highest BCUT2D eigenvalue weighted by Gasteiger charge is 2.21. The molecule has 2 N–H and O–H groups in total. The number of hydrogen-bond donors (Lipinski definition) is 2. The molecule has 0 aromatic heterocycles. The number of carbonyl (C=O) groups is 2. The summed E-state index contributed by atoms with van der Waals surface area (Å²) in [5, 5.41) is 5.26. The minimum absolute atomic E-state index is 0.102. The lowest BCUT2D eigenvalue weighted by molar-refractivity contribution is -0.121. The zero-order valence-corrected chi connectivity index (χ0v) is 7.09. The van der Waals surface area contributed by atoms with E-state index < -0.39 is 0 Å². The van der Waals surface area contributed by atoms with E-state index >= 15 is 0 Å². The summed E-state index contributed by atoms with van der Waals surface area (Å²) in [4.78, 5) is 23.5. The van der Waals surface area contributed by atoms with E-state index in [0.29, 0.717) is 19.6 Å². The summed E-state index contributed by atoms with van der Waals surface area (Å²) >= 11 is 0. The topological polar surface area (TPSA) is 61.4 Å². The Bertz CT molecular complexity index is 193. The van der Waals surface area contributed by atoms with E-state index in [1.807, 2.05) is 6.92 Å². The van der Waals surface area contributed by atoms with Crippen LogP contribution in [0, 0.1) is 0 Å². The molecule has 0 aromatic carbocycles. The van der Waals surface area contributed by atoms with Crippen molar-refractivity contribution in [3.63, 3.8) is 0 Å². The molecule has 0 spiro atoms. The Kier molecular flexibility index (Phi) is 2.90. The van der Waals surface area contributed by atoms with E-state index in [0.717, 1.165) is 0 Å². The second-order valence-corrected chi connectivity index (χ2v) is 2.61. The summed E-state index contributed by atoms with van der Waals surface area (Å²) < 4.78 is 0. The van der Waals surface area contributed by atoms with Crippen molar-refractivity contribution < 1.29 is 9.59 Å². The average Bonchev–Trinajstić information content (AvgIpc) is 2.37. The fourth-order valence-corrected chi connectivity index (χ4v) is 1.09. The zero-order chi connectivity index (χ0) is 8.97. The van der Waals surface area contributed by atoms with Gasteiger partial charge in [-0.15, -0.1) is 0 Å². The maximum absolute atomic E-state index is 11.0. The van der Waals surface area contributed by atoms with Crippen LogP contribution in [0.2, 0.25) is 0 Å². The minimum Gasteiger partial charge on any atom is -0.355 e. The molecule has 0 bridgehead atoms. The molecule has 0 aromatic rings. The number of carbonyl (C=O) groups excluding carboxylic acids is 2. The summed E-state index contributed by atoms with van der Waals surface area (Å²) in [5.41, 5.74) is 0. The third-order valence-electron chi connectivity index (χ3n) is 1.65. The summed E-state index contributed by atoms with van der Waals surface area (Å²) in [5.74, 6) is -0.102. The largest absolute Gasteiger partial charge is 0.355 e. The smallest absolute Gasteiger partial charge is 0.317 e. The van der Waals surface area contributed by atoms with Gasteiger partial charge in [0, 0.05) is 19.6 Å². The molecular formula is C7H13N3O2. The first-order chi connectivity index (χ1) is 5.74. The van der Waals surface area contributed by atoms with Crippen molar-refractivity contribution in [1.29, 1.82) is 0 Å². The lowest BCUT2D eigenvalue weighted by atomic mass is 10.5. The first-order valence-corrected chi connectivity index (χ1v) is 4.03. The van der Waals surface area contributed by atoms with Gasteiger partial charge in [0.2, 0.25) is 5.91 Å². The fourth-order valence-electron chi connectivity index (χ4n) is 1.09. The Morgan fingerprint density at radius 2 is 2.50 bits per heavy atom. The monoisotopic (exact) mass is 171 g/mol. The fraction of sp³-hybridized carbons (Fsp3) is 0.714. The Morgan fingerprint density at radius 1 is 1.75 bits per heavy atom. The molecule has 5 heteroatoms. The molecule has 1 heterocycles. The van der Waals surface area contributed by atoms with Crippen molar-refractivity contribution in [2.24, 2.45) is 0 Å². The standard InChI is InChI=1S/C7H13N3O2/c1-2-8-6(11)5-10-4-3-9-7(10)12/h2-5H2,1H3,(H,8,11)(H,9,12). The van der Waals surface area contributed by atoms with Crippen LogP contribution in [0.25, 0.3) is 0 Å². The van der Waals surface area contributed by atoms with Gasteiger partial charge in [-0.3, -0.25) is 4.79 Å². The summed E-state index contributed by atoms with van der Waals surface area (Å²) in [6, 6.07) is -0.152. The van der Waals surface area contributed by atoms with Gasteiger partial charge in [-0.25, -0.2) is 4.79 Å². The number of urea groups is 1. The molecule has 0 atom stereocenters. The highest BCUT2D eigenvalue weighted by atomic mass is 16.2. The second kappa shape index (κ2) is 3.94. The first kappa shape index (κ1) is 8.83. The molecule has 1 aliphatic heterocycles. The molecule has 1 rings (SSSR count). The van der Waals surface area contributed by atoms with Crippen molar-refractivity contribution >= 4 is 11.9 Å². The van der Waals surface area contributed by atoms with Crippen molar-refractivity contribution in [3.8, 4) is 0 Å². The second-order valence-electron chi connectivity index (χ2n) is 2.61. The van der Waals surface area contributed by atoms with Gasteiger partial charge in [-0.1, -0.05) is 0 Å². The van der Waals surface area contributed by atoms with Gasteiger partial charge >= 0.3 is 6.03 Å². The summed E-state index contributed by atoms with van der Waals surface area (Å²) in [7, 11) is 0. The van der Waals surface area contributed by atoms with Crippen LogP contribution in [0.15, 0.2) is 0 Å². The lowest BCUT2D eigenvalue weighted by Gasteiger charge is -2.12. The average molecular weight is 171 g/mol. The SMILES string of the molecule is CCNC(=O)CN1CCNC1=O. The van der Waals surface area contributed by atoms with Crippen molar-refractivity contribution in [3.05, 3.63) is 0 Å². The van der Waals surface area contributed by atoms with E-state index in [4.69, 9.17) is 0 Å². The van der Waals surface area contributed by atoms with Crippen LogP contribution in [0.5, 0.6) is 0 Å². The maximum atomic E-state index is 11.0. The molecule has 0 radical (unpaired) electrons. The van der Waals surface area contributed by atoms with Crippen LogP contribution < -0.4 is 10.6 Å². The third-order valence-corrected chi connectivity index (χ3v) is 1.65. The van der Waals surface area contributed by atoms with Crippen LogP contribution in [-0.2, 0) is 4.79 Å². The number of rotatable bonds is 3. The van der Waals surface area contributed by atoms with Crippen LogP contribution in [0.1, 0.15) is 6.92 Å². The van der Waals surface area contributed by atoms with Gasteiger partial charge < -0.3 is 15.5 Å². The highest BCUT2D eigenvalue weighted by molar-refractivity contribution is 5.84. The van der Waals surface area contributed by atoms with E-state index in [1.165, 1.54) is 4.90 Å². The van der Waals surface area contributed by atoms with Crippen LogP contribution in [0.3, 0.4) is 0 Å². The molecule has 0 aliphatic carbocycles. The van der Waals surface area contributed by atoms with Crippen LogP contribution >= 0.6 is 0 Å². The lowest BCUT2D eigenvalue weighted by Crippen LogP contribution is -2.38. The number of likely N-dealkylation sites (N-methyl/N-ethyl adjacent to an activating group) is 1. The molecule has 68 valence electrons. The minimum atomic E-state index is -0.152. The molecule has 5 nitrogen and oxygen atoms in total. The first-order valence-electron chi connectivity index (χ1n) is 4.03. The zero-order valence-electron chi connectivity index (χ0n) is 7.09. The molecule has 0 saturated carbocycles. The van der Waals surface area contributed by atoms with Gasteiger partial charge in [0.15, 0.2) is 0 Å². The van der Waals surface area contributed by atoms with Crippen LogP contribution in [0.4, 0.5) is 4.79 Å². The molecular weight excluding hydrogens is 158 g/mol. The third kappa shape index (κ3) is 2.11. The van der Waals surface area contributed by atoms with Gasteiger partial charge in [0.05, 0.1) is 0 Å². The molecule has 1 fully saturated rings.